The summed E-state index contributed by atoms with van der Waals surface area (Å²) in [5.41, 5.74) is 2.83. The fraction of sp³-hybridized carbons (Fsp3) is 0.261. The molecule has 3 heterocycles. The van der Waals surface area contributed by atoms with Gasteiger partial charge in [-0.05, 0) is 25.0 Å². The number of pyridine rings is 1. The molecule has 0 atom stereocenters. The maximum Gasteiger partial charge on any atom is 0.272 e. The SMILES string of the molecule is CN(CCO)C(=O)c1cc2c(cn1)c(C1CC1)nn2-c1ncc(-c2ccccc2F)cn1. The Morgan fingerprint density at radius 1 is 1.19 bits per heavy atom. The van der Waals surface area contributed by atoms with Crippen molar-refractivity contribution in [2.24, 2.45) is 0 Å². The van der Waals surface area contributed by atoms with Gasteiger partial charge in [-0.15, -0.1) is 0 Å². The van der Waals surface area contributed by atoms with E-state index in [4.69, 9.17) is 10.2 Å². The van der Waals surface area contributed by atoms with Gasteiger partial charge in [-0.2, -0.15) is 9.78 Å². The quantitative estimate of drug-likeness (QED) is 0.503. The minimum Gasteiger partial charge on any atom is -0.395 e. The van der Waals surface area contributed by atoms with Gasteiger partial charge in [0.25, 0.3) is 11.9 Å². The normalized spacial score (nSPS) is 13.5. The molecule has 1 aromatic carbocycles. The number of nitrogens with zero attached hydrogens (tertiary/aromatic N) is 6. The number of hydrogen-bond donors (Lipinski definition) is 1. The number of likely N-dealkylation sites (N-methyl/N-ethyl adjacent to an activating group) is 1. The van der Waals surface area contributed by atoms with Crippen LogP contribution in [0.15, 0.2) is 48.9 Å². The summed E-state index contributed by atoms with van der Waals surface area (Å²) in [6.07, 6.45) is 6.90. The van der Waals surface area contributed by atoms with Crippen LogP contribution in [0, 0.1) is 5.82 Å². The molecule has 0 bridgehead atoms. The van der Waals surface area contributed by atoms with E-state index in [-0.39, 0.29) is 30.6 Å². The second-order valence-corrected chi connectivity index (χ2v) is 7.86. The predicted octanol–water partition coefficient (Wildman–Crippen LogP) is 2.96. The van der Waals surface area contributed by atoms with Crippen molar-refractivity contribution in [3.8, 4) is 17.1 Å². The molecule has 8 nitrogen and oxygen atoms in total. The first-order valence-electron chi connectivity index (χ1n) is 10.4. The number of hydrogen-bond acceptors (Lipinski definition) is 6. The van der Waals surface area contributed by atoms with Gasteiger partial charge in [0.15, 0.2) is 0 Å². The van der Waals surface area contributed by atoms with Gasteiger partial charge in [0.1, 0.15) is 11.5 Å². The number of fused-ring (bicyclic) bond motifs is 1. The molecule has 0 radical (unpaired) electrons. The van der Waals surface area contributed by atoms with Crippen molar-refractivity contribution >= 4 is 16.8 Å². The summed E-state index contributed by atoms with van der Waals surface area (Å²) in [4.78, 5) is 27.3. The molecule has 9 heteroatoms. The number of amides is 1. The number of carbonyl (C=O) groups is 1. The largest absolute Gasteiger partial charge is 0.395 e. The average Bonchev–Trinajstić information content (AvgIpc) is 3.59. The summed E-state index contributed by atoms with van der Waals surface area (Å²) < 4.78 is 15.7. The fourth-order valence-corrected chi connectivity index (χ4v) is 3.67. The third-order valence-electron chi connectivity index (χ3n) is 5.57. The number of halogens is 1. The second-order valence-electron chi connectivity index (χ2n) is 7.86. The highest BCUT2D eigenvalue weighted by molar-refractivity contribution is 5.96. The number of rotatable bonds is 6. The zero-order chi connectivity index (χ0) is 22.2. The number of benzene rings is 1. The smallest absolute Gasteiger partial charge is 0.272 e. The van der Waals surface area contributed by atoms with Crippen molar-refractivity contribution in [3.05, 3.63) is 66.1 Å². The molecule has 1 amide bonds. The molecule has 0 spiro atoms. The molecule has 1 aliphatic rings. The van der Waals surface area contributed by atoms with Gasteiger partial charge >= 0.3 is 0 Å². The van der Waals surface area contributed by atoms with Crippen molar-refractivity contribution in [1.29, 1.82) is 0 Å². The Morgan fingerprint density at radius 2 is 1.94 bits per heavy atom. The Balaban J connectivity index is 1.57. The van der Waals surface area contributed by atoms with E-state index < -0.39 is 0 Å². The van der Waals surface area contributed by atoms with E-state index in [1.165, 1.54) is 11.0 Å². The lowest BCUT2D eigenvalue weighted by Crippen LogP contribution is -2.30. The van der Waals surface area contributed by atoms with Crippen LogP contribution in [0.25, 0.3) is 28.0 Å². The topological polar surface area (TPSA) is 97.0 Å². The van der Waals surface area contributed by atoms with Crippen molar-refractivity contribution in [2.75, 3.05) is 20.2 Å². The van der Waals surface area contributed by atoms with Crippen LogP contribution in [-0.4, -0.2) is 60.8 Å². The molecule has 3 aromatic heterocycles. The van der Waals surface area contributed by atoms with Gasteiger partial charge < -0.3 is 10.0 Å². The summed E-state index contributed by atoms with van der Waals surface area (Å²) in [5.74, 6) is 0.0512. The Hall–Kier alpha value is -3.72. The number of carbonyl (C=O) groups excluding carboxylic acids is 1. The lowest BCUT2D eigenvalue weighted by Gasteiger charge is -2.15. The third kappa shape index (κ3) is 3.60. The highest BCUT2D eigenvalue weighted by Gasteiger charge is 2.30. The Kier molecular flexibility index (Phi) is 5.10. The zero-order valence-electron chi connectivity index (χ0n) is 17.4. The van der Waals surface area contributed by atoms with Crippen LogP contribution in [0.3, 0.4) is 0 Å². The third-order valence-corrected chi connectivity index (χ3v) is 5.57. The molecule has 0 unspecified atom stereocenters. The number of aliphatic hydroxyl groups is 1. The molecule has 32 heavy (non-hydrogen) atoms. The van der Waals surface area contributed by atoms with E-state index in [0.717, 1.165) is 23.9 Å². The van der Waals surface area contributed by atoms with E-state index >= 15 is 0 Å². The van der Waals surface area contributed by atoms with Crippen LogP contribution in [0.2, 0.25) is 0 Å². The minimum atomic E-state index is -0.342. The van der Waals surface area contributed by atoms with Gasteiger partial charge in [0.2, 0.25) is 0 Å². The highest BCUT2D eigenvalue weighted by Crippen LogP contribution is 2.42. The van der Waals surface area contributed by atoms with Crippen molar-refractivity contribution in [1.82, 2.24) is 29.6 Å². The Bertz CT molecular complexity index is 1300. The van der Waals surface area contributed by atoms with Crippen LogP contribution >= 0.6 is 0 Å². The molecule has 1 N–H and O–H groups in total. The van der Waals surface area contributed by atoms with Crippen LogP contribution in [-0.2, 0) is 0 Å². The summed E-state index contributed by atoms with van der Waals surface area (Å²) in [5, 5.41) is 14.7. The van der Waals surface area contributed by atoms with Crippen molar-refractivity contribution < 1.29 is 14.3 Å². The van der Waals surface area contributed by atoms with Gasteiger partial charge in [0.05, 0.1) is 17.8 Å². The van der Waals surface area contributed by atoms with Crippen LogP contribution in [0.5, 0.6) is 0 Å². The summed E-state index contributed by atoms with van der Waals surface area (Å²) in [6, 6.07) is 8.14. The standard InChI is InChI=1S/C23H21FN6O2/c1-29(8-9-31)22(32)19-10-20-17(13-25-19)21(14-6-7-14)28-30(20)23-26-11-15(12-27-23)16-4-2-3-5-18(16)24/h2-5,10-14,31H,6-9H2,1H3. The lowest BCUT2D eigenvalue weighted by atomic mass is 10.1. The molecule has 0 saturated heterocycles. The molecule has 1 fully saturated rings. The van der Waals surface area contributed by atoms with Gasteiger partial charge in [-0.25, -0.2) is 14.4 Å². The predicted molar refractivity (Wildman–Crippen MR) is 116 cm³/mol. The average molecular weight is 432 g/mol. The number of aliphatic hydroxyl groups excluding tert-OH is 1. The monoisotopic (exact) mass is 432 g/mol. The van der Waals surface area contributed by atoms with E-state index in [0.29, 0.717) is 28.5 Å². The first-order valence-corrected chi connectivity index (χ1v) is 10.4. The molecule has 1 saturated carbocycles. The van der Waals surface area contributed by atoms with Gasteiger partial charge in [0, 0.05) is 54.6 Å². The van der Waals surface area contributed by atoms with Crippen LogP contribution < -0.4 is 0 Å². The zero-order valence-corrected chi connectivity index (χ0v) is 17.4. The highest BCUT2D eigenvalue weighted by atomic mass is 19.1. The van der Waals surface area contributed by atoms with Crippen molar-refractivity contribution in [3.63, 3.8) is 0 Å². The minimum absolute atomic E-state index is 0.129. The summed E-state index contributed by atoms with van der Waals surface area (Å²) in [6.45, 7) is 0.0855. The maximum atomic E-state index is 14.1. The molecule has 5 rings (SSSR count). The molecular weight excluding hydrogens is 411 g/mol. The second kappa shape index (κ2) is 8.08. The van der Waals surface area contributed by atoms with Crippen LogP contribution in [0.4, 0.5) is 4.39 Å². The summed E-state index contributed by atoms with van der Waals surface area (Å²) >= 11 is 0. The molecule has 0 aliphatic heterocycles. The molecule has 1 aliphatic carbocycles. The lowest BCUT2D eigenvalue weighted by molar-refractivity contribution is 0.0761. The molecule has 162 valence electrons. The van der Waals surface area contributed by atoms with E-state index in [9.17, 15) is 9.18 Å². The Morgan fingerprint density at radius 3 is 2.62 bits per heavy atom. The van der Waals surface area contributed by atoms with E-state index in [1.54, 1.807) is 54.6 Å². The van der Waals surface area contributed by atoms with E-state index in [2.05, 4.69) is 15.0 Å². The van der Waals surface area contributed by atoms with Crippen molar-refractivity contribution in [2.45, 2.75) is 18.8 Å². The maximum absolute atomic E-state index is 14.1. The molecule has 4 aromatic rings. The van der Waals surface area contributed by atoms with E-state index in [1.807, 2.05) is 0 Å². The first-order chi connectivity index (χ1) is 15.6. The first kappa shape index (κ1) is 20.2. The Labute approximate surface area is 183 Å². The van der Waals surface area contributed by atoms with Gasteiger partial charge in [-0.3, -0.25) is 9.78 Å². The number of aromatic nitrogens is 5. The fourth-order valence-electron chi connectivity index (χ4n) is 3.67. The summed E-state index contributed by atoms with van der Waals surface area (Å²) in [7, 11) is 1.61. The van der Waals surface area contributed by atoms with Gasteiger partial charge in [-0.1, -0.05) is 18.2 Å². The molecular formula is C23H21FN6O2. The van der Waals surface area contributed by atoms with Crippen LogP contribution in [0.1, 0.15) is 34.9 Å².